The highest BCUT2D eigenvalue weighted by atomic mass is 16.7. The number of aromatic nitrogens is 3. The predicted molar refractivity (Wildman–Crippen MR) is 82.5 cm³/mol. The summed E-state index contributed by atoms with van der Waals surface area (Å²) in [5, 5.41) is 13.1. The molecule has 3 rings (SSSR count). The third-order valence-electron chi connectivity index (χ3n) is 4.05. The molecule has 122 valence electrons. The first-order valence-electron chi connectivity index (χ1n) is 7.68. The topological polar surface area (TPSA) is 86.4 Å². The van der Waals surface area contributed by atoms with Gasteiger partial charge in [-0.3, -0.25) is 0 Å². The fourth-order valence-electron chi connectivity index (χ4n) is 2.85. The minimum atomic E-state index is -1.37. The van der Waals surface area contributed by atoms with Gasteiger partial charge < -0.3 is 9.84 Å². The molecule has 7 heteroatoms. The zero-order valence-electron chi connectivity index (χ0n) is 12.9. The van der Waals surface area contributed by atoms with E-state index in [1.807, 2.05) is 31.2 Å². The van der Waals surface area contributed by atoms with Crippen molar-refractivity contribution in [2.24, 2.45) is 0 Å². The molecule has 0 radical (unpaired) electrons. The van der Waals surface area contributed by atoms with Crippen molar-refractivity contribution >= 4 is 6.16 Å². The quantitative estimate of drug-likeness (QED) is 0.873. The summed E-state index contributed by atoms with van der Waals surface area (Å²) in [4.78, 5) is 23.2. The van der Waals surface area contributed by atoms with Gasteiger partial charge in [0.1, 0.15) is 5.82 Å². The molecule has 2 aromatic rings. The van der Waals surface area contributed by atoms with Gasteiger partial charge in [0, 0.05) is 12.8 Å². The second kappa shape index (κ2) is 6.28. The highest BCUT2D eigenvalue weighted by molar-refractivity contribution is 5.56. The molecule has 0 saturated heterocycles. The Labute approximate surface area is 133 Å². The maximum atomic E-state index is 12.5. The molecule has 0 amide bonds. The van der Waals surface area contributed by atoms with Crippen LogP contribution in [0.2, 0.25) is 0 Å². The van der Waals surface area contributed by atoms with E-state index in [1.165, 1.54) is 14.8 Å². The number of rotatable bonds is 4. The minimum Gasteiger partial charge on any atom is -0.450 e. The van der Waals surface area contributed by atoms with Crippen molar-refractivity contribution in [3.05, 3.63) is 51.7 Å². The van der Waals surface area contributed by atoms with Gasteiger partial charge in [-0.05, 0) is 25.3 Å². The third kappa shape index (κ3) is 3.28. The number of hydrogen-bond acceptors (Lipinski definition) is 4. The molecular formula is C16H19N3O4. The highest BCUT2D eigenvalue weighted by Gasteiger charge is 2.27. The molecule has 1 aliphatic heterocycles. The number of fused-ring (bicyclic) bond motifs is 1. The molecule has 1 N–H and O–H groups in total. The Hall–Kier alpha value is -2.57. The normalized spacial score (nSPS) is 16.8. The average Bonchev–Trinajstić information content (AvgIpc) is 2.84. The minimum absolute atomic E-state index is 0.307. The molecule has 1 unspecified atom stereocenters. The Kier molecular flexibility index (Phi) is 4.18. The van der Waals surface area contributed by atoms with E-state index in [4.69, 9.17) is 9.84 Å². The summed E-state index contributed by atoms with van der Waals surface area (Å²) in [7, 11) is 0. The molecule has 1 atom stereocenters. The third-order valence-corrected chi connectivity index (χ3v) is 4.05. The van der Waals surface area contributed by atoms with Gasteiger partial charge >= 0.3 is 11.8 Å². The fourth-order valence-corrected chi connectivity index (χ4v) is 2.85. The number of benzene rings is 1. The summed E-state index contributed by atoms with van der Waals surface area (Å²) in [5.41, 5.74) is 2.02. The number of ether oxygens (including phenoxy) is 1. The number of hydrogen-bond donors (Lipinski definition) is 1. The van der Waals surface area contributed by atoms with Crippen LogP contribution < -0.4 is 5.69 Å². The largest absolute Gasteiger partial charge is 0.507 e. The Balaban J connectivity index is 1.79. The van der Waals surface area contributed by atoms with Crippen LogP contribution in [0.1, 0.15) is 36.0 Å². The maximum Gasteiger partial charge on any atom is 0.507 e. The smallest absolute Gasteiger partial charge is 0.450 e. The van der Waals surface area contributed by atoms with Crippen LogP contribution >= 0.6 is 0 Å². The molecule has 7 nitrogen and oxygen atoms in total. The van der Waals surface area contributed by atoms with Crippen LogP contribution in [-0.2, 0) is 24.1 Å². The number of carboxylic acid groups (broad SMARTS) is 1. The van der Waals surface area contributed by atoms with Crippen molar-refractivity contribution in [1.29, 1.82) is 0 Å². The summed E-state index contributed by atoms with van der Waals surface area (Å²) >= 11 is 0. The molecule has 1 aliphatic rings. The second-order valence-corrected chi connectivity index (χ2v) is 5.76. The zero-order valence-corrected chi connectivity index (χ0v) is 12.9. The zero-order chi connectivity index (χ0) is 16.4. The molecule has 23 heavy (non-hydrogen) atoms. The van der Waals surface area contributed by atoms with Crippen molar-refractivity contribution < 1.29 is 14.6 Å². The average molecular weight is 317 g/mol. The summed E-state index contributed by atoms with van der Waals surface area (Å²) < 4.78 is 7.58. The van der Waals surface area contributed by atoms with E-state index in [-0.39, 0.29) is 5.69 Å². The fraction of sp³-hybridized carbons (Fsp3) is 0.438. The lowest BCUT2D eigenvalue weighted by atomic mass is 10.1. The maximum absolute atomic E-state index is 12.5. The van der Waals surface area contributed by atoms with Crippen LogP contribution in [0.5, 0.6) is 0 Å². The van der Waals surface area contributed by atoms with E-state index < -0.39 is 12.4 Å². The van der Waals surface area contributed by atoms with Gasteiger partial charge in [0.15, 0.2) is 6.23 Å². The summed E-state index contributed by atoms with van der Waals surface area (Å²) in [6, 6.07) is 8.14. The van der Waals surface area contributed by atoms with E-state index in [2.05, 4.69) is 5.10 Å². The van der Waals surface area contributed by atoms with Gasteiger partial charge in [-0.25, -0.2) is 18.8 Å². The molecule has 0 fully saturated rings. The van der Waals surface area contributed by atoms with Gasteiger partial charge in [0.05, 0.1) is 6.54 Å². The van der Waals surface area contributed by atoms with Crippen molar-refractivity contribution in [1.82, 2.24) is 14.3 Å². The van der Waals surface area contributed by atoms with Gasteiger partial charge in [-0.1, -0.05) is 29.8 Å². The first-order chi connectivity index (χ1) is 11.0. The first-order valence-corrected chi connectivity index (χ1v) is 7.68. The van der Waals surface area contributed by atoms with Crippen LogP contribution in [-0.4, -0.2) is 25.6 Å². The van der Waals surface area contributed by atoms with E-state index >= 15 is 0 Å². The van der Waals surface area contributed by atoms with Crippen LogP contribution in [0.25, 0.3) is 0 Å². The Morgan fingerprint density at radius 2 is 2.13 bits per heavy atom. The molecule has 0 spiro atoms. The number of carbonyl (C=O) groups is 1. The van der Waals surface area contributed by atoms with Crippen molar-refractivity contribution in [3.63, 3.8) is 0 Å². The first kappa shape index (κ1) is 15.3. The summed E-state index contributed by atoms with van der Waals surface area (Å²) in [5.74, 6) is 0.594. The van der Waals surface area contributed by atoms with Gasteiger partial charge in [-0.2, -0.15) is 5.10 Å². The Bertz CT molecular complexity index is 761. The van der Waals surface area contributed by atoms with Crippen LogP contribution in [0.3, 0.4) is 0 Å². The van der Waals surface area contributed by atoms with Gasteiger partial charge in [-0.15, -0.1) is 0 Å². The van der Waals surface area contributed by atoms with Crippen molar-refractivity contribution in [2.75, 3.05) is 0 Å². The van der Waals surface area contributed by atoms with E-state index in [1.54, 1.807) is 0 Å². The van der Waals surface area contributed by atoms with E-state index in [0.717, 1.165) is 12.0 Å². The monoisotopic (exact) mass is 317 g/mol. The predicted octanol–water partition coefficient (Wildman–Crippen LogP) is 2.13. The van der Waals surface area contributed by atoms with Gasteiger partial charge in [0.25, 0.3) is 0 Å². The lowest BCUT2D eigenvalue weighted by molar-refractivity contribution is 0.00391. The Morgan fingerprint density at radius 1 is 1.39 bits per heavy atom. The molecule has 0 aliphatic carbocycles. The Morgan fingerprint density at radius 3 is 2.83 bits per heavy atom. The summed E-state index contributed by atoms with van der Waals surface area (Å²) in [6.07, 6.45) is 0.474. The summed E-state index contributed by atoms with van der Waals surface area (Å²) in [6.45, 7) is 2.49. The van der Waals surface area contributed by atoms with Crippen molar-refractivity contribution in [2.45, 2.75) is 45.4 Å². The van der Waals surface area contributed by atoms with Crippen LogP contribution in [0.15, 0.2) is 29.1 Å². The van der Waals surface area contributed by atoms with E-state index in [9.17, 15) is 9.59 Å². The highest BCUT2D eigenvalue weighted by Crippen LogP contribution is 2.22. The molecule has 0 bridgehead atoms. The molecule has 1 aromatic heterocycles. The molecule has 0 saturated carbocycles. The van der Waals surface area contributed by atoms with Gasteiger partial charge in [0.2, 0.25) is 0 Å². The number of aryl methyl sites for hydroxylation is 4. The SMILES string of the molecule is Cc1ccc(CCn2nc3n(c2=O)C(OC(=O)O)CCC3)cc1. The second-order valence-electron chi connectivity index (χ2n) is 5.76. The van der Waals surface area contributed by atoms with Crippen LogP contribution in [0.4, 0.5) is 4.79 Å². The van der Waals surface area contributed by atoms with Crippen LogP contribution in [0, 0.1) is 6.92 Å². The van der Waals surface area contributed by atoms with Crippen molar-refractivity contribution in [3.8, 4) is 0 Å². The molecule has 1 aromatic carbocycles. The standard InChI is InChI=1S/C16H19N3O4/c1-11-5-7-12(8-6-11)9-10-18-15(20)19-13(17-18)3-2-4-14(19)23-16(21)22/h5-8,14H,2-4,9-10H2,1H3,(H,21,22). The lowest BCUT2D eigenvalue weighted by Crippen LogP contribution is -2.33. The van der Waals surface area contributed by atoms with E-state index in [0.29, 0.717) is 31.6 Å². The lowest BCUT2D eigenvalue weighted by Gasteiger charge is -2.21. The molecule has 2 heterocycles. The molecular weight excluding hydrogens is 298 g/mol. The number of nitrogens with zero attached hydrogens (tertiary/aromatic N) is 3.